The summed E-state index contributed by atoms with van der Waals surface area (Å²) in [6, 6.07) is 0. The van der Waals surface area contributed by atoms with Crippen molar-refractivity contribution in [1.82, 2.24) is 14.9 Å². The predicted octanol–water partition coefficient (Wildman–Crippen LogP) is 1.03. The zero-order valence-corrected chi connectivity index (χ0v) is 19.6. The highest BCUT2D eigenvalue weighted by atomic mass is 127. The largest absolute Gasteiger partial charge is 0.381 e. The highest BCUT2D eigenvalue weighted by molar-refractivity contribution is 14.0. The number of nitrogens with zero attached hydrogens (tertiary/aromatic N) is 2. The summed E-state index contributed by atoms with van der Waals surface area (Å²) < 4.78 is 38.0. The van der Waals surface area contributed by atoms with Crippen molar-refractivity contribution in [1.29, 1.82) is 0 Å². The van der Waals surface area contributed by atoms with Crippen LogP contribution in [0.1, 0.15) is 32.6 Å². The first-order chi connectivity index (χ1) is 12.5. The molecular formula is C17H35IN4O4S. The van der Waals surface area contributed by atoms with Gasteiger partial charge >= 0.3 is 0 Å². The molecule has 10 heteroatoms. The van der Waals surface area contributed by atoms with Gasteiger partial charge in [-0.2, -0.15) is 0 Å². The van der Waals surface area contributed by atoms with Crippen LogP contribution in [-0.4, -0.2) is 84.2 Å². The number of hydrogen-bond donors (Lipinski definition) is 2. The molecule has 8 nitrogen and oxygen atoms in total. The minimum atomic E-state index is -3.34. The summed E-state index contributed by atoms with van der Waals surface area (Å²) in [6.45, 7) is 6.52. The molecule has 160 valence electrons. The van der Waals surface area contributed by atoms with E-state index in [-0.39, 0.29) is 42.4 Å². The van der Waals surface area contributed by atoms with Crippen LogP contribution in [-0.2, 0) is 19.5 Å². The summed E-state index contributed by atoms with van der Waals surface area (Å²) in [4.78, 5) is 6.53. The van der Waals surface area contributed by atoms with Crippen molar-refractivity contribution in [3.8, 4) is 0 Å². The van der Waals surface area contributed by atoms with Crippen molar-refractivity contribution in [2.24, 2.45) is 10.9 Å². The number of nitrogens with one attached hydrogen (secondary N) is 2. The molecule has 2 rings (SSSR count). The van der Waals surface area contributed by atoms with Gasteiger partial charge in [-0.05, 0) is 32.6 Å². The van der Waals surface area contributed by atoms with Gasteiger partial charge in [0, 0.05) is 45.8 Å². The normalized spacial score (nSPS) is 23.7. The van der Waals surface area contributed by atoms with Crippen LogP contribution in [0.3, 0.4) is 0 Å². The van der Waals surface area contributed by atoms with E-state index in [4.69, 9.17) is 9.47 Å². The van der Waals surface area contributed by atoms with E-state index in [1.807, 2.05) is 14.0 Å². The number of aliphatic imine (C=N–C) groups is 1. The lowest BCUT2D eigenvalue weighted by molar-refractivity contribution is 0.0200. The lowest BCUT2D eigenvalue weighted by Crippen LogP contribution is -2.42. The van der Waals surface area contributed by atoms with Crippen molar-refractivity contribution in [3.05, 3.63) is 0 Å². The molecule has 0 aliphatic carbocycles. The van der Waals surface area contributed by atoms with E-state index >= 15 is 0 Å². The van der Waals surface area contributed by atoms with Gasteiger partial charge in [0.25, 0.3) is 0 Å². The smallest absolute Gasteiger partial charge is 0.213 e. The Balaban J connectivity index is 0.00000364. The molecule has 27 heavy (non-hydrogen) atoms. The third-order valence-corrected chi connectivity index (χ3v) is 6.01. The molecule has 0 aromatic rings. The summed E-state index contributed by atoms with van der Waals surface area (Å²) in [7, 11) is -1.36. The highest BCUT2D eigenvalue weighted by Gasteiger charge is 2.20. The summed E-state index contributed by atoms with van der Waals surface area (Å²) in [5.41, 5.74) is 0. The summed E-state index contributed by atoms with van der Waals surface area (Å²) in [5, 5.41) is 3.23. The number of ether oxygens (including phenoxy) is 2. The average Bonchev–Trinajstić information content (AvgIpc) is 3.13. The van der Waals surface area contributed by atoms with E-state index in [1.54, 1.807) is 0 Å². The Morgan fingerprint density at radius 1 is 1.26 bits per heavy atom. The van der Waals surface area contributed by atoms with Gasteiger partial charge in [0.1, 0.15) is 0 Å². The molecule has 0 radical (unpaired) electrons. The van der Waals surface area contributed by atoms with E-state index in [2.05, 4.69) is 19.9 Å². The molecule has 0 amide bonds. The molecule has 0 spiro atoms. The quantitative estimate of drug-likeness (QED) is 0.269. The Morgan fingerprint density at radius 3 is 2.70 bits per heavy atom. The molecule has 2 aliphatic rings. The Kier molecular flexibility index (Phi) is 12.1. The number of sulfonamides is 1. The summed E-state index contributed by atoms with van der Waals surface area (Å²) in [5.74, 6) is 1.23. The van der Waals surface area contributed by atoms with Gasteiger partial charge < -0.3 is 19.7 Å². The fourth-order valence-electron chi connectivity index (χ4n) is 3.20. The molecule has 2 heterocycles. The van der Waals surface area contributed by atoms with Crippen LogP contribution in [0.5, 0.6) is 0 Å². The maximum Gasteiger partial charge on any atom is 0.213 e. The first kappa shape index (κ1) is 24.9. The number of guanidine groups is 1. The SMILES string of the molecule is CCNC(=NCCS(=O)(=O)NCC1CCCCO1)N(C)CC1CCOC1.I. The first-order valence-corrected chi connectivity index (χ1v) is 11.3. The topological polar surface area (TPSA) is 92.3 Å². The Bertz CT molecular complexity index is 535. The van der Waals surface area contributed by atoms with Crippen LogP contribution >= 0.6 is 24.0 Å². The van der Waals surface area contributed by atoms with Crippen molar-refractivity contribution >= 4 is 40.0 Å². The van der Waals surface area contributed by atoms with Crippen molar-refractivity contribution < 1.29 is 17.9 Å². The van der Waals surface area contributed by atoms with Crippen molar-refractivity contribution in [3.63, 3.8) is 0 Å². The van der Waals surface area contributed by atoms with Gasteiger partial charge in [0.2, 0.25) is 10.0 Å². The zero-order chi connectivity index (χ0) is 18.8. The van der Waals surface area contributed by atoms with Gasteiger partial charge in [0.05, 0.1) is 25.0 Å². The first-order valence-electron chi connectivity index (χ1n) is 9.66. The maximum atomic E-state index is 12.2. The van der Waals surface area contributed by atoms with Gasteiger partial charge in [0.15, 0.2) is 5.96 Å². The Labute approximate surface area is 180 Å². The third-order valence-electron chi connectivity index (χ3n) is 4.68. The van der Waals surface area contributed by atoms with E-state index < -0.39 is 10.0 Å². The summed E-state index contributed by atoms with van der Waals surface area (Å²) >= 11 is 0. The Morgan fingerprint density at radius 2 is 2.07 bits per heavy atom. The lowest BCUT2D eigenvalue weighted by Gasteiger charge is -2.24. The van der Waals surface area contributed by atoms with Crippen LogP contribution in [0.15, 0.2) is 4.99 Å². The predicted molar refractivity (Wildman–Crippen MR) is 118 cm³/mol. The van der Waals surface area contributed by atoms with Gasteiger partial charge in [-0.15, -0.1) is 24.0 Å². The minimum absolute atomic E-state index is 0. The van der Waals surface area contributed by atoms with Crippen LogP contribution in [0, 0.1) is 5.92 Å². The van der Waals surface area contributed by atoms with E-state index in [0.717, 1.165) is 64.6 Å². The number of hydrogen-bond acceptors (Lipinski definition) is 5. The van der Waals surface area contributed by atoms with Crippen molar-refractivity contribution in [2.45, 2.75) is 38.7 Å². The minimum Gasteiger partial charge on any atom is -0.381 e. The second-order valence-electron chi connectivity index (χ2n) is 7.00. The molecule has 2 fully saturated rings. The fourth-order valence-corrected chi connectivity index (χ4v) is 4.12. The van der Waals surface area contributed by atoms with Crippen molar-refractivity contribution in [2.75, 3.05) is 58.8 Å². The average molecular weight is 518 g/mol. The fraction of sp³-hybridized carbons (Fsp3) is 0.941. The molecule has 2 saturated heterocycles. The van der Waals surface area contributed by atoms with Crippen LogP contribution in [0.4, 0.5) is 0 Å². The highest BCUT2D eigenvalue weighted by Crippen LogP contribution is 2.13. The summed E-state index contributed by atoms with van der Waals surface area (Å²) in [6.07, 6.45) is 4.14. The zero-order valence-electron chi connectivity index (χ0n) is 16.5. The number of rotatable bonds is 9. The second kappa shape index (κ2) is 13.1. The van der Waals surface area contributed by atoms with E-state index in [1.165, 1.54) is 0 Å². The second-order valence-corrected chi connectivity index (χ2v) is 8.93. The number of halogens is 1. The molecule has 2 aliphatic heterocycles. The van der Waals surface area contributed by atoms with Gasteiger partial charge in [-0.25, -0.2) is 13.1 Å². The molecule has 2 N–H and O–H groups in total. The van der Waals surface area contributed by atoms with Crippen LogP contribution < -0.4 is 10.0 Å². The van der Waals surface area contributed by atoms with Gasteiger partial charge in [-0.3, -0.25) is 4.99 Å². The Hall–Kier alpha value is -0.170. The van der Waals surface area contributed by atoms with E-state index in [0.29, 0.717) is 12.5 Å². The van der Waals surface area contributed by atoms with Crippen LogP contribution in [0.25, 0.3) is 0 Å². The monoisotopic (exact) mass is 518 g/mol. The maximum absolute atomic E-state index is 12.2. The molecule has 2 unspecified atom stereocenters. The standard InChI is InChI=1S/C17H34N4O4S.HI/c1-3-18-17(21(2)13-15-7-10-24-14-15)19-8-11-26(22,23)20-12-16-6-4-5-9-25-16;/h15-16,20H,3-14H2,1-2H3,(H,18,19);1H. The molecule has 0 bridgehead atoms. The van der Waals surface area contributed by atoms with E-state index in [9.17, 15) is 8.42 Å². The molecule has 0 saturated carbocycles. The van der Waals surface area contributed by atoms with Gasteiger partial charge in [-0.1, -0.05) is 0 Å². The lowest BCUT2D eigenvalue weighted by atomic mass is 10.1. The molecule has 0 aromatic carbocycles. The molecular weight excluding hydrogens is 483 g/mol. The molecule has 0 aromatic heterocycles. The molecule has 2 atom stereocenters. The van der Waals surface area contributed by atoms with Crippen LogP contribution in [0.2, 0.25) is 0 Å². The third kappa shape index (κ3) is 9.73.